The number of anilines is 1. The van der Waals surface area contributed by atoms with Gasteiger partial charge in [0.25, 0.3) is 0 Å². The van der Waals surface area contributed by atoms with Crippen LogP contribution in [0.1, 0.15) is 17.9 Å². The lowest BCUT2D eigenvalue weighted by Gasteiger charge is -2.08. The van der Waals surface area contributed by atoms with Gasteiger partial charge in [0.05, 0.1) is 17.2 Å². The Morgan fingerprint density at radius 2 is 2.00 bits per heavy atom. The van der Waals surface area contributed by atoms with E-state index in [1.54, 1.807) is 0 Å². The van der Waals surface area contributed by atoms with Crippen molar-refractivity contribution in [2.45, 2.75) is 12.3 Å². The number of nitrogens with zero attached hydrogens (tertiary/aromatic N) is 1. The summed E-state index contributed by atoms with van der Waals surface area (Å²) in [5.74, 6) is 0.720. The van der Waals surface area contributed by atoms with Gasteiger partial charge in [-0.25, -0.2) is 13.4 Å². The van der Waals surface area contributed by atoms with Crippen LogP contribution in [0.2, 0.25) is 0 Å². The molecule has 1 aliphatic rings. The third-order valence-electron chi connectivity index (χ3n) is 3.43. The molecule has 1 atom stereocenters. The van der Waals surface area contributed by atoms with Crippen LogP contribution < -0.4 is 5.73 Å². The lowest BCUT2D eigenvalue weighted by atomic mass is 9.97. The van der Waals surface area contributed by atoms with Crippen LogP contribution in [0.25, 0.3) is 11.3 Å². The molecule has 0 amide bonds. The van der Waals surface area contributed by atoms with Crippen LogP contribution in [-0.2, 0) is 9.84 Å². The first-order valence-corrected chi connectivity index (χ1v) is 8.75. The number of sulfone groups is 1. The van der Waals surface area contributed by atoms with E-state index in [2.05, 4.69) is 4.98 Å². The van der Waals surface area contributed by atoms with Crippen molar-refractivity contribution in [2.24, 2.45) is 0 Å². The summed E-state index contributed by atoms with van der Waals surface area (Å²) in [6.45, 7) is 0. The van der Waals surface area contributed by atoms with E-state index in [0.717, 1.165) is 23.2 Å². The average molecular weight is 294 g/mol. The minimum absolute atomic E-state index is 0.138. The normalized spacial score (nSPS) is 21.6. The van der Waals surface area contributed by atoms with E-state index >= 15 is 0 Å². The van der Waals surface area contributed by atoms with Gasteiger partial charge in [0.15, 0.2) is 15.0 Å². The van der Waals surface area contributed by atoms with Crippen molar-refractivity contribution >= 4 is 26.3 Å². The molecule has 1 aromatic heterocycles. The summed E-state index contributed by atoms with van der Waals surface area (Å²) in [6, 6.07) is 7.95. The number of hydrogen-bond donors (Lipinski definition) is 1. The van der Waals surface area contributed by atoms with Crippen LogP contribution in [0.4, 0.5) is 5.13 Å². The van der Waals surface area contributed by atoms with Gasteiger partial charge >= 0.3 is 0 Å². The van der Waals surface area contributed by atoms with Crippen LogP contribution in [0.15, 0.2) is 29.6 Å². The number of aromatic nitrogens is 1. The van der Waals surface area contributed by atoms with Crippen molar-refractivity contribution in [1.82, 2.24) is 4.98 Å². The fourth-order valence-electron chi connectivity index (χ4n) is 2.40. The lowest BCUT2D eigenvalue weighted by Crippen LogP contribution is -2.03. The number of benzene rings is 1. The van der Waals surface area contributed by atoms with Crippen molar-refractivity contribution in [3.05, 3.63) is 35.2 Å². The van der Waals surface area contributed by atoms with Crippen molar-refractivity contribution in [3.63, 3.8) is 0 Å². The molecule has 1 fully saturated rings. The maximum atomic E-state index is 11.5. The van der Waals surface area contributed by atoms with Gasteiger partial charge < -0.3 is 5.73 Å². The van der Waals surface area contributed by atoms with Crippen molar-refractivity contribution < 1.29 is 8.42 Å². The van der Waals surface area contributed by atoms with E-state index in [9.17, 15) is 8.42 Å². The maximum Gasteiger partial charge on any atom is 0.180 e. The first kappa shape index (κ1) is 12.6. The molecule has 0 aliphatic carbocycles. The van der Waals surface area contributed by atoms with Crippen LogP contribution in [0.5, 0.6) is 0 Å². The fourth-order valence-corrected chi connectivity index (χ4v) is 4.76. The van der Waals surface area contributed by atoms with E-state index in [1.165, 1.54) is 11.3 Å². The van der Waals surface area contributed by atoms with E-state index < -0.39 is 9.84 Å². The second-order valence-corrected chi connectivity index (χ2v) is 7.91. The topological polar surface area (TPSA) is 73.0 Å². The highest BCUT2D eigenvalue weighted by Crippen LogP contribution is 2.30. The second kappa shape index (κ2) is 4.61. The first-order valence-electron chi connectivity index (χ1n) is 6.05. The molecule has 6 heteroatoms. The summed E-state index contributed by atoms with van der Waals surface area (Å²) in [7, 11) is -2.83. The van der Waals surface area contributed by atoms with E-state index in [4.69, 9.17) is 5.73 Å². The monoisotopic (exact) mass is 294 g/mol. The molecule has 2 N–H and O–H groups in total. The van der Waals surface area contributed by atoms with Gasteiger partial charge in [-0.1, -0.05) is 24.3 Å². The SMILES string of the molecule is Nc1nc(-c2ccc(C3CCS(=O)(=O)C3)cc2)cs1. The van der Waals surface area contributed by atoms with Crippen LogP contribution in [-0.4, -0.2) is 24.9 Å². The second-order valence-electron chi connectivity index (χ2n) is 4.79. The Morgan fingerprint density at radius 1 is 1.26 bits per heavy atom. The molecule has 0 saturated carbocycles. The highest BCUT2D eigenvalue weighted by Gasteiger charge is 2.28. The Hall–Kier alpha value is -1.40. The molecule has 2 heterocycles. The Balaban J connectivity index is 1.83. The van der Waals surface area contributed by atoms with E-state index in [0.29, 0.717) is 10.9 Å². The molecular weight excluding hydrogens is 280 g/mol. The smallest absolute Gasteiger partial charge is 0.180 e. The molecule has 1 saturated heterocycles. The first-order chi connectivity index (χ1) is 9.03. The molecule has 0 bridgehead atoms. The van der Waals surface area contributed by atoms with E-state index in [1.807, 2.05) is 29.6 Å². The van der Waals surface area contributed by atoms with Crippen LogP contribution >= 0.6 is 11.3 Å². The Kier molecular flexibility index (Phi) is 3.06. The summed E-state index contributed by atoms with van der Waals surface area (Å²) < 4.78 is 23.0. The molecule has 0 spiro atoms. The summed E-state index contributed by atoms with van der Waals surface area (Å²) in [6.07, 6.45) is 0.728. The van der Waals surface area contributed by atoms with E-state index in [-0.39, 0.29) is 11.7 Å². The van der Waals surface area contributed by atoms with Gasteiger partial charge in [-0.2, -0.15) is 0 Å². The third-order valence-corrected chi connectivity index (χ3v) is 5.87. The quantitative estimate of drug-likeness (QED) is 0.922. The molecule has 100 valence electrons. The molecule has 1 aromatic carbocycles. The number of nitrogen functional groups attached to an aromatic ring is 1. The summed E-state index contributed by atoms with van der Waals surface area (Å²) in [5.41, 5.74) is 8.59. The summed E-state index contributed by atoms with van der Waals surface area (Å²) >= 11 is 1.42. The number of nitrogens with two attached hydrogens (primary N) is 1. The lowest BCUT2D eigenvalue weighted by molar-refractivity contribution is 0.601. The standard InChI is InChI=1S/C13H14N2O2S2/c14-13-15-12(7-18-13)10-3-1-9(2-4-10)11-5-6-19(16,17)8-11/h1-4,7,11H,5-6,8H2,(H2,14,15). The Bertz CT molecular complexity index is 690. The molecule has 3 rings (SSSR count). The molecule has 0 radical (unpaired) electrons. The summed E-state index contributed by atoms with van der Waals surface area (Å²) in [4.78, 5) is 4.23. The van der Waals surface area contributed by atoms with Crippen molar-refractivity contribution in [1.29, 1.82) is 0 Å². The predicted molar refractivity (Wildman–Crippen MR) is 78.0 cm³/mol. The minimum atomic E-state index is -2.83. The van der Waals surface area contributed by atoms with Crippen molar-refractivity contribution in [2.75, 3.05) is 17.2 Å². The Morgan fingerprint density at radius 3 is 2.53 bits per heavy atom. The highest BCUT2D eigenvalue weighted by molar-refractivity contribution is 7.91. The number of hydrogen-bond acceptors (Lipinski definition) is 5. The zero-order valence-electron chi connectivity index (χ0n) is 10.2. The molecule has 4 nitrogen and oxygen atoms in total. The molecule has 1 aliphatic heterocycles. The summed E-state index contributed by atoms with van der Waals surface area (Å²) in [5, 5.41) is 2.48. The number of thiazole rings is 1. The third kappa shape index (κ3) is 2.64. The maximum absolute atomic E-state index is 11.5. The van der Waals surface area contributed by atoms with Gasteiger partial charge in [0.2, 0.25) is 0 Å². The zero-order chi connectivity index (χ0) is 13.5. The van der Waals surface area contributed by atoms with Gasteiger partial charge in [-0.05, 0) is 17.9 Å². The molecular formula is C13H14N2O2S2. The minimum Gasteiger partial charge on any atom is -0.375 e. The number of rotatable bonds is 2. The van der Waals surface area contributed by atoms with Crippen LogP contribution in [0.3, 0.4) is 0 Å². The van der Waals surface area contributed by atoms with Gasteiger partial charge in [-0.3, -0.25) is 0 Å². The predicted octanol–water partition coefficient (Wildman–Crippen LogP) is 2.29. The van der Waals surface area contributed by atoms with Gasteiger partial charge in [0.1, 0.15) is 0 Å². The average Bonchev–Trinajstić information content (AvgIpc) is 2.96. The molecule has 2 aromatic rings. The zero-order valence-corrected chi connectivity index (χ0v) is 11.9. The van der Waals surface area contributed by atoms with Crippen LogP contribution in [0, 0.1) is 0 Å². The van der Waals surface area contributed by atoms with Gasteiger partial charge in [-0.15, -0.1) is 11.3 Å². The molecule has 1 unspecified atom stereocenters. The fraction of sp³-hybridized carbons (Fsp3) is 0.308. The van der Waals surface area contributed by atoms with Crippen molar-refractivity contribution in [3.8, 4) is 11.3 Å². The van der Waals surface area contributed by atoms with Gasteiger partial charge in [0, 0.05) is 10.9 Å². The Labute approximate surface area is 116 Å². The molecule has 19 heavy (non-hydrogen) atoms. The largest absolute Gasteiger partial charge is 0.375 e. The highest BCUT2D eigenvalue weighted by atomic mass is 32.2.